The van der Waals surface area contributed by atoms with E-state index in [0.717, 1.165) is 13.0 Å². The maximum atomic E-state index is 11.4. The van der Waals surface area contributed by atoms with Gasteiger partial charge >= 0.3 is 0 Å². The minimum absolute atomic E-state index is 0.0113. The van der Waals surface area contributed by atoms with Crippen LogP contribution in [-0.4, -0.2) is 37.5 Å². The molecule has 0 saturated carbocycles. The summed E-state index contributed by atoms with van der Waals surface area (Å²) >= 11 is 0. The molecule has 0 bridgehead atoms. The van der Waals surface area contributed by atoms with Crippen LogP contribution in [0.25, 0.3) is 0 Å². The first-order valence-corrected chi connectivity index (χ1v) is 6.71. The highest BCUT2D eigenvalue weighted by Crippen LogP contribution is 1.90. The molecule has 0 aliphatic heterocycles. The van der Waals surface area contributed by atoms with Gasteiger partial charge in [0.05, 0.1) is 0 Å². The van der Waals surface area contributed by atoms with E-state index in [9.17, 15) is 9.59 Å². The first kappa shape index (κ1) is 16.9. The van der Waals surface area contributed by atoms with Gasteiger partial charge in [-0.1, -0.05) is 27.7 Å². The van der Waals surface area contributed by atoms with Crippen molar-refractivity contribution < 1.29 is 9.59 Å². The zero-order valence-electron chi connectivity index (χ0n) is 12.0. The van der Waals surface area contributed by atoms with Crippen LogP contribution in [0.5, 0.6) is 0 Å². The highest BCUT2D eigenvalue weighted by molar-refractivity contribution is 5.78. The average molecular weight is 257 g/mol. The Morgan fingerprint density at radius 2 is 1.56 bits per heavy atom. The summed E-state index contributed by atoms with van der Waals surface area (Å²) in [5.74, 6) is 0.0487. The van der Waals surface area contributed by atoms with Crippen molar-refractivity contribution in [3.63, 3.8) is 0 Å². The third-order valence-electron chi connectivity index (χ3n) is 2.40. The molecule has 0 saturated heterocycles. The van der Waals surface area contributed by atoms with Gasteiger partial charge in [-0.25, -0.2) is 0 Å². The molecule has 5 heteroatoms. The Morgan fingerprint density at radius 1 is 0.944 bits per heavy atom. The maximum absolute atomic E-state index is 11.4. The van der Waals surface area contributed by atoms with Gasteiger partial charge in [0.15, 0.2) is 0 Å². The second-order valence-electron chi connectivity index (χ2n) is 5.01. The van der Waals surface area contributed by atoms with Crippen molar-refractivity contribution in [3.8, 4) is 0 Å². The molecule has 0 spiro atoms. The van der Waals surface area contributed by atoms with Crippen LogP contribution in [0.1, 0.15) is 40.5 Å². The molecule has 0 aromatic rings. The van der Waals surface area contributed by atoms with Gasteiger partial charge in [-0.05, 0) is 13.0 Å². The van der Waals surface area contributed by atoms with E-state index in [1.165, 1.54) is 0 Å². The van der Waals surface area contributed by atoms with Crippen LogP contribution in [0.2, 0.25) is 0 Å². The average Bonchev–Trinajstić information content (AvgIpc) is 2.29. The lowest BCUT2D eigenvalue weighted by Gasteiger charge is -2.09. The molecule has 0 aliphatic carbocycles. The smallest absolute Gasteiger partial charge is 0.222 e. The number of carbonyl (C=O) groups excluding carboxylic acids is 2. The fraction of sp³-hybridized carbons (Fsp3) is 0.846. The lowest BCUT2D eigenvalue weighted by Crippen LogP contribution is -2.36. The Labute approximate surface area is 110 Å². The predicted molar refractivity (Wildman–Crippen MR) is 73.2 cm³/mol. The van der Waals surface area contributed by atoms with Gasteiger partial charge < -0.3 is 16.0 Å². The van der Waals surface area contributed by atoms with E-state index < -0.39 is 0 Å². The second kappa shape index (κ2) is 9.88. The molecule has 0 aromatic heterocycles. The van der Waals surface area contributed by atoms with Gasteiger partial charge in [0, 0.05) is 31.5 Å². The van der Waals surface area contributed by atoms with Crippen molar-refractivity contribution in [3.05, 3.63) is 0 Å². The first-order chi connectivity index (χ1) is 8.43. The number of nitrogens with one attached hydrogen (secondary N) is 3. The molecule has 0 rings (SSSR count). The van der Waals surface area contributed by atoms with E-state index in [-0.39, 0.29) is 17.7 Å². The first-order valence-electron chi connectivity index (χ1n) is 6.71. The lowest BCUT2D eigenvalue weighted by atomic mass is 10.2. The SMILES string of the molecule is CC(C)NCCCC(=O)NCCNC(=O)C(C)C. The summed E-state index contributed by atoms with van der Waals surface area (Å²) in [6, 6.07) is 0.458. The number of hydrogen-bond acceptors (Lipinski definition) is 3. The van der Waals surface area contributed by atoms with Crippen molar-refractivity contribution in [1.82, 2.24) is 16.0 Å². The number of hydrogen-bond donors (Lipinski definition) is 3. The standard InChI is InChI=1S/C13H27N3O2/c1-10(2)13(18)16-9-8-15-12(17)6-5-7-14-11(3)4/h10-11,14H,5-9H2,1-4H3,(H,15,17)(H,16,18). The second-order valence-corrected chi connectivity index (χ2v) is 5.01. The Hall–Kier alpha value is -1.10. The summed E-state index contributed by atoms with van der Waals surface area (Å²) in [4.78, 5) is 22.6. The topological polar surface area (TPSA) is 70.2 Å². The molecule has 5 nitrogen and oxygen atoms in total. The molecule has 0 heterocycles. The maximum Gasteiger partial charge on any atom is 0.222 e. The van der Waals surface area contributed by atoms with Gasteiger partial charge in [0.1, 0.15) is 0 Å². The van der Waals surface area contributed by atoms with E-state index in [4.69, 9.17) is 0 Å². The molecule has 0 aliphatic rings. The molecule has 3 N–H and O–H groups in total. The zero-order valence-corrected chi connectivity index (χ0v) is 12.0. The minimum atomic E-state index is -0.0113. The molecule has 18 heavy (non-hydrogen) atoms. The summed E-state index contributed by atoms with van der Waals surface area (Å²) in [7, 11) is 0. The minimum Gasteiger partial charge on any atom is -0.354 e. The van der Waals surface area contributed by atoms with Crippen LogP contribution in [0.4, 0.5) is 0 Å². The quantitative estimate of drug-likeness (QED) is 0.531. The highest BCUT2D eigenvalue weighted by atomic mass is 16.2. The van der Waals surface area contributed by atoms with Crippen molar-refractivity contribution in [2.75, 3.05) is 19.6 Å². The van der Waals surface area contributed by atoms with Crippen molar-refractivity contribution in [1.29, 1.82) is 0 Å². The number of carbonyl (C=O) groups is 2. The van der Waals surface area contributed by atoms with E-state index in [1.54, 1.807) is 0 Å². The number of amides is 2. The van der Waals surface area contributed by atoms with Gasteiger partial charge in [0.25, 0.3) is 0 Å². The largest absolute Gasteiger partial charge is 0.354 e. The molecule has 106 valence electrons. The number of rotatable bonds is 9. The van der Waals surface area contributed by atoms with Crippen LogP contribution in [-0.2, 0) is 9.59 Å². The fourth-order valence-electron chi connectivity index (χ4n) is 1.32. The lowest BCUT2D eigenvalue weighted by molar-refractivity contribution is -0.124. The normalized spacial score (nSPS) is 10.8. The van der Waals surface area contributed by atoms with Crippen LogP contribution in [0.3, 0.4) is 0 Å². The van der Waals surface area contributed by atoms with Crippen LogP contribution < -0.4 is 16.0 Å². The van der Waals surface area contributed by atoms with Crippen molar-refractivity contribution >= 4 is 11.8 Å². The van der Waals surface area contributed by atoms with E-state index >= 15 is 0 Å². The molecule has 0 aromatic carbocycles. The third kappa shape index (κ3) is 10.1. The zero-order chi connectivity index (χ0) is 14.0. The van der Waals surface area contributed by atoms with Gasteiger partial charge in [-0.15, -0.1) is 0 Å². The van der Waals surface area contributed by atoms with Crippen molar-refractivity contribution in [2.24, 2.45) is 5.92 Å². The molecule has 2 amide bonds. The summed E-state index contributed by atoms with van der Waals surface area (Å²) in [6.45, 7) is 9.69. The van der Waals surface area contributed by atoms with Gasteiger partial charge in [0.2, 0.25) is 11.8 Å². The molecular weight excluding hydrogens is 230 g/mol. The van der Waals surface area contributed by atoms with Crippen LogP contribution >= 0.6 is 0 Å². The fourth-order valence-corrected chi connectivity index (χ4v) is 1.32. The van der Waals surface area contributed by atoms with E-state index in [0.29, 0.717) is 25.6 Å². The van der Waals surface area contributed by atoms with Crippen LogP contribution in [0.15, 0.2) is 0 Å². The Bertz CT molecular complexity index is 253. The molecular formula is C13H27N3O2. The van der Waals surface area contributed by atoms with Gasteiger partial charge in [-0.2, -0.15) is 0 Å². The van der Waals surface area contributed by atoms with Crippen LogP contribution in [0, 0.1) is 5.92 Å². The summed E-state index contributed by atoms with van der Waals surface area (Å²) in [5.41, 5.74) is 0. The molecule has 0 unspecified atom stereocenters. The van der Waals surface area contributed by atoms with Gasteiger partial charge in [-0.3, -0.25) is 9.59 Å². The third-order valence-corrected chi connectivity index (χ3v) is 2.40. The summed E-state index contributed by atoms with van der Waals surface area (Å²) < 4.78 is 0. The summed E-state index contributed by atoms with van der Waals surface area (Å²) in [6.07, 6.45) is 1.36. The highest BCUT2D eigenvalue weighted by Gasteiger charge is 2.05. The Balaban J connectivity index is 3.40. The Kier molecular flexibility index (Phi) is 9.28. The van der Waals surface area contributed by atoms with E-state index in [2.05, 4.69) is 29.8 Å². The molecule has 0 fully saturated rings. The molecule has 0 radical (unpaired) electrons. The van der Waals surface area contributed by atoms with E-state index in [1.807, 2.05) is 13.8 Å². The monoisotopic (exact) mass is 257 g/mol. The summed E-state index contributed by atoms with van der Waals surface area (Å²) in [5, 5.41) is 8.80. The predicted octanol–water partition coefficient (Wildman–Crippen LogP) is 0.653. The molecule has 0 atom stereocenters. The van der Waals surface area contributed by atoms with Crippen molar-refractivity contribution in [2.45, 2.75) is 46.6 Å². The Morgan fingerprint density at radius 3 is 2.11 bits per heavy atom.